The Kier molecular flexibility index (Phi) is 5.51. The van der Waals surface area contributed by atoms with E-state index in [9.17, 15) is 14.9 Å². The van der Waals surface area contributed by atoms with Crippen molar-refractivity contribution in [2.75, 3.05) is 5.88 Å². The van der Waals surface area contributed by atoms with Crippen molar-refractivity contribution in [3.63, 3.8) is 0 Å². The Morgan fingerprint density at radius 2 is 2.00 bits per heavy atom. The first-order valence-electron chi connectivity index (χ1n) is 6.53. The first kappa shape index (κ1) is 16.4. The molecular formula is C14H19ClN2O3. The minimum absolute atomic E-state index is 0.0536. The van der Waals surface area contributed by atoms with Crippen molar-refractivity contribution in [1.29, 1.82) is 0 Å². The van der Waals surface area contributed by atoms with Gasteiger partial charge in [-0.15, -0.1) is 11.6 Å². The number of hydrogen-bond donors (Lipinski definition) is 1. The van der Waals surface area contributed by atoms with Gasteiger partial charge in [-0.25, -0.2) is 0 Å². The number of nitrogens with one attached hydrogen (secondary N) is 1. The molecule has 1 aromatic rings. The van der Waals surface area contributed by atoms with Gasteiger partial charge in [-0.3, -0.25) is 14.9 Å². The number of rotatable bonds is 6. The van der Waals surface area contributed by atoms with E-state index < -0.39 is 10.5 Å². The van der Waals surface area contributed by atoms with E-state index in [4.69, 9.17) is 11.6 Å². The van der Waals surface area contributed by atoms with Crippen LogP contribution >= 0.6 is 11.6 Å². The fourth-order valence-electron chi connectivity index (χ4n) is 2.02. The average molecular weight is 299 g/mol. The number of carbonyl (C=O) groups is 1. The van der Waals surface area contributed by atoms with E-state index in [2.05, 4.69) is 5.32 Å². The third-order valence-electron chi connectivity index (χ3n) is 3.73. The maximum Gasteiger partial charge on any atom is 0.273 e. The Morgan fingerprint density at radius 3 is 2.45 bits per heavy atom. The van der Waals surface area contributed by atoms with E-state index in [1.54, 1.807) is 13.0 Å². The molecule has 1 amide bonds. The van der Waals surface area contributed by atoms with Gasteiger partial charge in [-0.1, -0.05) is 19.9 Å². The Bertz CT molecular complexity index is 505. The number of nitro benzene ring substituents is 1. The highest BCUT2D eigenvalue weighted by Gasteiger charge is 2.29. The molecule has 0 bridgehead atoms. The van der Waals surface area contributed by atoms with Crippen molar-refractivity contribution in [3.05, 3.63) is 39.4 Å². The standard InChI is InChI=1S/C14H19ClN2O3/c1-4-14(5-2,9-15)16-13(18)11-7-6-8-12(10(11)3)17(19)20/h6-8H,4-5,9H2,1-3H3,(H,16,18). The zero-order valence-corrected chi connectivity index (χ0v) is 12.7. The van der Waals surface area contributed by atoms with Gasteiger partial charge in [0.15, 0.2) is 0 Å². The Labute approximate surface area is 123 Å². The number of nitro groups is 1. The van der Waals surface area contributed by atoms with Crippen molar-refractivity contribution < 1.29 is 9.72 Å². The van der Waals surface area contributed by atoms with Gasteiger partial charge in [0.1, 0.15) is 0 Å². The largest absolute Gasteiger partial charge is 0.345 e. The summed E-state index contributed by atoms with van der Waals surface area (Å²) in [5, 5.41) is 13.8. The molecule has 0 spiro atoms. The van der Waals surface area contributed by atoms with Crippen molar-refractivity contribution >= 4 is 23.2 Å². The molecule has 0 saturated heterocycles. The van der Waals surface area contributed by atoms with Gasteiger partial charge < -0.3 is 5.32 Å². The molecule has 0 heterocycles. The predicted molar refractivity (Wildman–Crippen MR) is 79.3 cm³/mol. The van der Waals surface area contributed by atoms with Gasteiger partial charge in [0.25, 0.3) is 11.6 Å². The molecule has 5 nitrogen and oxygen atoms in total. The zero-order valence-electron chi connectivity index (χ0n) is 11.9. The lowest BCUT2D eigenvalue weighted by Gasteiger charge is -2.30. The minimum atomic E-state index is -0.486. The van der Waals surface area contributed by atoms with E-state index in [-0.39, 0.29) is 11.6 Å². The predicted octanol–water partition coefficient (Wildman–Crippen LogP) is 3.43. The van der Waals surface area contributed by atoms with Crippen LogP contribution in [0.1, 0.15) is 42.6 Å². The summed E-state index contributed by atoms with van der Waals surface area (Å²) >= 11 is 5.95. The Hall–Kier alpha value is -1.62. The highest BCUT2D eigenvalue weighted by molar-refractivity contribution is 6.19. The van der Waals surface area contributed by atoms with Crippen molar-refractivity contribution in [2.24, 2.45) is 0 Å². The van der Waals surface area contributed by atoms with Crippen molar-refractivity contribution in [1.82, 2.24) is 5.32 Å². The van der Waals surface area contributed by atoms with Crippen molar-refractivity contribution in [2.45, 2.75) is 39.2 Å². The van der Waals surface area contributed by atoms with Crippen molar-refractivity contribution in [3.8, 4) is 0 Å². The second-order valence-electron chi connectivity index (χ2n) is 4.78. The molecule has 0 saturated carbocycles. The number of amides is 1. The summed E-state index contributed by atoms with van der Waals surface area (Å²) in [6, 6.07) is 4.49. The lowest BCUT2D eigenvalue weighted by molar-refractivity contribution is -0.385. The molecule has 0 fully saturated rings. The van der Waals surface area contributed by atoms with Gasteiger partial charge in [0.05, 0.1) is 10.5 Å². The van der Waals surface area contributed by atoms with Crippen LogP contribution in [-0.4, -0.2) is 22.2 Å². The van der Waals surface area contributed by atoms with Crippen LogP contribution in [-0.2, 0) is 0 Å². The molecule has 0 aliphatic carbocycles. The van der Waals surface area contributed by atoms with Crippen LogP contribution in [0.3, 0.4) is 0 Å². The SMILES string of the molecule is CCC(CC)(CCl)NC(=O)c1cccc([N+](=O)[O-])c1C. The number of benzene rings is 1. The molecule has 0 aliphatic rings. The number of halogens is 1. The number of alkyl halides is 1. The third-order valence-corrected chi connectivity index (χ3v) is 4.25. The summed E-state index contributed by atoms with van der Waals surface area (Å²) in [5.74, 6) is -0.0183. The smallest absolute Gasteiger partial charge is 0.273 e. The van der Waals surface area contributed by atoms with E-state index in [0.29, 0.717) is 29.8 Å². The fraction of sp³-hybridized carbons (Fsp3) is 0.500. The summed E-state index contributed by atoms with van der Waals surface area (Å²) in [6.45, 7) is 5.48. The first-order chi connectivity index (χ1) is 9.40. The van der Waals surface area contributed by atoms with Gasteiger partial charge in [0, 0.05) is 23.1 Å². The molecule has 0 radical (unpaired) electrons. The molecule has 0 unspecified atom stereocenters. The van der Waals surface area contributed by atoms with Crippen LogP contribution in [0.4, 0.5) is 5.69 Å². The average Bonchev–Trinajstić information content (AvgIpc) is 2.44. The van der Waals surface area contributed by atoms with E-state index in [1.807, 2.05) is 13.8 Å². The molecule has 0 aliphatic heterocycles. The normalized spacial score (nSPS) is 11.2. The molecule has 1 rings (SSSR count). The van der Waals surface area contributed by atoms with E-state index in [1.165, 1.54) is 12.1 Å². The molecule has 0 aromatic heterocycles. The summed E-state index contributed by atoms with van der Waals surface area (Å²) in [6.07, 6.45) is 1.40. The second kappa shape index (κ2) is 6.70. The van der Waals surface area contributed by atoms with Crippen LogP contribution < -0.4 is 5.32 Å². The van der Waals surface area contributed by atoms with E-state index >= 15 is 0 Å². The highest BCUT2D eigenvalue weighted by Crippen LogP contribution is 2.23. The van der Waals surface area contributed by atoms with Crippen LogP contribution in [0.15, 0.2) is 18.2 Å². The quantitative estimate of drug-likeness (QED) is 0.497. The topological polar surface area (TPSA) is 72.2 Å². The lowest BCUT2D eigenvalue weighted by atomic mass is 9.94. The van der Waals surface area contributed by atoms with Crippen LogP contribution in [0.2, 0.25) is 0 Å². The number of carbonyl (C=O) groups excluding carboxylic acids is 1. The molecule has 110 valence electrons. The lowest BCUT2D eigenvalue weighted by Crippen LogP contribution is -2.49. The van der Waals surface area contributed by atoms with Crippen LogP contribution in [0.5, 0.6) is 0 Å². The molecule has 6 heteroatoms. The highest BCUT2D eigenvalue weighted by atomic mass is 35.5. The first-order valence-corrected chi connectivity index (χ1v) is 7.06. The molecule has 0 atom stereocenters. The van der Waals surface area contributed by atoms with Crippen LogP contribution in [0, 0.1) is 17.0 Å². The van der Waals surface area contributed by atoms with Crippen LogP contribution in [0.25, 0.3) is 0 Å². The fourth-order valence-corrected chi connectivity index (χ4v) is 2.47. The molecule has 20 heavy (non-hydrogen) atoms. The summed E-state index contributed by atoms with van der Waals surface area (Å²) in [4.78, 5) is 22.8. The third kappa shape index (κ3) is 3.28. The summed E-state index contributed by atoms with van der Waals surface area (Å²) in [7, 11) is 0. The van der Waals surface area contributed by atoms with E-state index in [0.717, 1.165) is 0 Å². The molecule has 1 N–H and O–H groups in total. The maximum absolute atomic E-state index is 12.3. The second-order valence-corrected chi connectivity index (χ2v) is 5.05. The molecule has 1 aromatic carbocycles. The Balaban J connectivity index is 3.10. The van der Waals surface area contributed by atoms with Gasteiger partial charge in [0.2, 0.25) is 0 Å². The summed E-state index contributed by atoms with van der Waals surface area (Å²) < 4.78 is 0. The van der Waals surface area contributed by atoms with Gasteiger partial charge >= 0.3 is 0 Å². The minimum Gasteiger partial charge on any atom is -0.345 e. The molecular weight excluding hydrogens is 280 g/mol. The maximum atomic E-state index is 12.3. The summed E-state index contributed by atoms with van der Waals surface area (Å²) in [5.41, 5.74) is 0.152. The Morgan fingerprint density at radius 1 is 1.40 bits per heavy atom. The number of nitrogens with zero attached hydrogens (tertiary/aromatic N) is 1. The monoisotopic (exact) mass is 298 g/mol. The zero-order chi connectivity index (χ0) is 15.3. The number of hydrogen-bond acceptors (Lipinski definition) is 3. The van der Waals surface area contributed by atoms with Gasteiger partial charge in [-0.05, 0) is 25.8 Å². The van der Waals surface area contributed by atoms with Gasteiger partial charge in [-0.2, -0.15) is 0 Å².